The average Bonchev–Trinajstić information content (AvgIpc) is 2.28. The van der Waals surface area contributed by atoms with Gasteiger partial charge in [-0.25, -0.2) is 4.39 Å². The van der Waals surface area contributed by atoms with Gasteiger partial charge in [0.15, 0.2) is 0 Å². The van der Waals surface area contributed by atoms with Crippen LogP contribution in [0.25, 0.3) is 0 Å². The standard InChI is InChI=1S/C15H22FN/c1-3-17-15-6-4-5-12(10-15)13-7-11(2)8-14(16)9-13/h7-9,12,15,17H,3-6,10H2,1-2H3. The van der Waals surface area contributed by atoms with Crippen LogP contribution in [0.3, 0.4) is 0 Å². The molecular formula is C15H22FN. The summed E-state index contributed by atoms with van der Waals surface area (Å²) >= 11 is 0. The Morgan fingerprint density at radius 1 is 1.29 bits per heavy atom. The smallest absolute Gasteiger partial charge is 0.123 e. The second-order valence-electron chi connectivity index (χ2n) is 5.18. The van der Waals surface area contributed by atoms with Gasteiger partial charge in [0.2, 0.25) is 0 Å². The van der Waals surface area contributed by atoms with Gasteiger partial charge in [-0.1, -0.05) is 19.4 Å². The largest absolute Gasteiger partial charge is 0.314 e. The molecule has 1 aliphatic carbocycles. The molecule has 2 atom stereocenters. The van der Waals surface area contributed by atoms with Crippen LogP contribution in [0.2, 0.25) is 0 Å². The van der Waals surface area contributed by atoms with E-state index in [9.17, 15) is 4.39 Å². The molecule has 1 nitrogen and oxygen atoms in total. The minimum atomic E-state index is -0.0921. The maximum absolute atomic E-state index is 13.4. The molecular weight excluding hydrogens is 213 g/mol. The van der Waals surface area contributed by atoms with Crippen molar-refractivity contribution in [2.24, 2.45) is 0 Å². The Hall–Kier alpha value is -0.890. The lowest BCUT2D eigenvalue weighted by atomic mass is 9.81. The molecule has 1 aromatic carbocycles. The summed E-state index contributed by atoms with van der Waals surface area (Å²) < 4.78 is 13.4. The number of aryl methyl sites for hydroxylation is 1. The summed E-state index contributed by atoms with van der Waals surface area (Å²) in [6.45, 7) is 5.15. The highest BCUT2D eigenvalue weighted by Crippen LogP contribution is 2.33. The van der Waals surface area contributed by atoms with Gasteiger partial charge in [0.05, 0.1) is 0 Å². The number of rotatable bonds is 3. The van der Waals surface area contributed by atoms with E-state index in [1.807, 2.05) is 6.92 Å². The predicted octanol–water partition coefficient (Wildman–Crippen LogP) is 3.77. The molecule has 0 aliphatic heterocycles. The fourth-order valence-corrected chi connectivity index (χ4v) is 2.97. The summed E-state index contributed by atoms with van der Waals surface area (Å²) in [5, 5.41) is 3.52. The minimum Gasteiger partial charge on any atom is -0.314 e. The van der Waals surface area contributed by atoms with Crippen LogP contribution in [0.15, 0.2) is 18.2 Å². The number of nitrogens with one attached hydrogen (secondary N) is 1. The molecule has 1 fully saturated rings. The molecule has 0 spiro atoms. The van der Waals surface area contributed by atoms with Gasteiger partial charge in [-0.3, -0.25) is 0 Å². The van der Waals surface area contributed by atoms with E-state index in [2.05, 4.69) is 18.3 Å². The fourth-order valence-electron chi connectivity index (χ4n) is 2.97. The molecule has 1 saturated carbocycles. The zero-order chi connectivity index (χ0) is 12.3. The van der Waals surface area contributed by atoms with Crippen LogP contribution in [-0.4, -0.2) is 12.6 Å². The van der Waals surface area contributed by atoms with Crippen LogP contribution in [0.1, 0.15) is 49.7 Å². The molecule has 0 radical (unpaired) electrons. The van der Waals surface area contributed by atoms with Crippen molar-refractivity contribution >= 4 is 0 Å². The first-order valence-electron chi connectivity index (χ1n) is 6.69. The molecule has 2 rings (SSSR count). The lowest BCUT2D eigenvalue weighted by Gasteiger charge is -2.30. The van der Waals surface area contributed by atoms with E-state index in [0.717, 1.165) is 18.5 Å². The number of hydrogen-bond donors (Lipinski definition) is 1. The Balaban J connectivity index is 2.10. The maximum atomic E-state index is 13.4. The predicted molar refractivity (Wildman–Crippen MR) is 69.8 cm³/mol. The van der Waals surface area contributed by atoms with Crippen molar-refractivity contribution in [3.63, 3.8) is 0 Å². The minimum absolute atomic E-state index is 0.0921. The van der Waals surface area contributed by atoms with E-state index >= 15 is 0 Å². The van der Waals surface area contributed by atoms with E-state index in [-0.39, 0.29) is 5.82 Å². The highest BCUT2D eigenvalue weighted by molar-refractivity contribution is 5.27. The first kappa shape index (κ1) is 12.6. The summed E-state index contributed by atoms with van der Waals surface area (Å²) in [7, 11) is 0. The fraction of sp³-hybridized carbons (Fsp3) is 0.600. The Bertz CT molecular complexity index is 353. The normalized spacial score (nSPS) is 24.9. The molecule has 2 unspecified atom stereocenters. The van der Waals surface area contributed by atoms with E-state index in [4.69, 9.17) is 0 Å². The third kappa shape index (κ3) is 3.29. The van der Waals surface area contributed by atoms with Crippen LogP contribution < -0.4 is 5.32 Å². The van der Waals surface area contributed by atoms with Gasteiger partial charge in [0.25, 0.3) is 0 Å². The summed E-state index contributed by atoms with van der Waals surface area (Å²) in [6, 6.07) is 6.07. The third-order valence-corrected chi connectivity index (χ3v) is 3.70. The van der Waals surface area contributed by atoms with Gasteiger partial charge in [0.1, 0.15) is 5.82 Å². The van der Waals surface area contributed by atoms with Gasteiger partial charge in [-0.15, -0.1) is 0 Å². The number of benzene rings is 1. The molecule has 1 aromatic rings. The average molecular weight is 235 g/mol. The first-order chi connectivity index (χ1) is 8.19. The van der Waals surface area contributed by atoms with Crippen LogP contribution in [0, 0.1) is 12.7 Å². The molecule has 94 valence electrons. The Morgan fingerprint density at radius 2 is 2.12 bits per heavy atom. The molecule has 2 heteroatoms. The van der Waals surface area contributed by atoms with Crippen molar-refractivity contribution in [1.82, 2.24) is 5.32 Å². The van der Waals surface area contributed by atoms with Crippen molar-refractivity contribution in [1.29, 1.82) is 0 Å². The first-order valence-corrected chi connectivity index (χ1v) is 6.69. The summed E-state index contributed by atoms with van der Waals surface area (Å²) in [6.07, 6.45) is 4.86. The van der Waals surface area contributed by atoms with Gasteiger partial charge in [0, 0.05) is 6.04 Å². The monoisotopic (exact) mass is 235 g/mol. The third-order valence-electron chi connectivity index (χ3n) is 3.70. The molecule has 1 N–H and O–H groups in total. The highest BCUT2D eigenvalue weighted by Gasteiger charge is 2.22. The van der Waals surface area contributed by atoms with Crippen LogP contribution in [-0.2, 0) is 0 Å². The topological polar surface area (TPSA) is 12.0 Å². The Morgan fingerprint density at radius 3 is 2.82 bits per heavy atom. The summed E-state index contributed by atoms with van der Waals surface area (Å²) in [4.78, 5) is 0. The zero-order valence-electron chi connectivity index (χ0n) is 10.8. The quantitative estimate of drug-likeness (QED) is 0.841. The van der Waals surface area contributed by atoms with E-state index < -0.39 is 0 Å². The molecule has 0 bridgehead atoms. The van der Waals surface area contributed by atoms with Gasteiger partial charge in [-0.2, -0.15) is 0 Å². The lowest BCUT2D eigenvalue weighted by Crippen LogP contribution is -2.33. The second kappa shape index (κ2) is 5.63. The van der Waals surface area contributed by atoms with Crippen molar-refractivity contribution in [2.45, 2.75) is 51.5 Å². The highest BCUT2D eigenvalue weighted by atomic mass is 19.1. The van der Waals surface area contributed by atoms with Crippen molar-refractivity contribution in [2.75, 3.05) is 6.54 Å². The van der Waals surface area contributed by atoms with Crippen molar-refractivity contribution in [3.8, 4) is 0 Å². The SMILES string of the molecule is CCNC1CCCC(c2cc(C)cc(F)c2)C1. The zero-order valence-corrected chi connectivity index (χ0v) is 10.8. The Kier molecular flexibility index (Phi) is 4.16. The van der Waals surface area contributed by atoms with Gasteiger partial charge >= 0.3 is 0 Å². The second-order valence-corrected chi connectivity index (χ2v) is 5.18. The molecule has 0 aromatic heterocycles. The number of hydrogen-bond acceptors (Lipinski definition) is 1. The van der Waals surface area contributed by atoms with Crippen molar-refractivity contribution in [3.05, 3.63) is 35.1 Å². The van der Waals surface area contributed by atoms with E-state index in [1.165, 1.54) is 24.8 Å². The van der Waals surface area contributed by atoms with Crippen LogP contribution >= 0.6 is 0 Å². The maximum Gasteiger partial charge on any atom is 0.123 e. The summed E-state index contributed by atoms with van der Waals surface area (Å²) in [5.41, 5.74) is 2.22. The Labute approximate surface area is 103 Å². The van der Waals surface area contributed by atoms with E-state index in [0.29, 0.717) is 12.0 Å². The van der Waals surface area contributed by atoms with E-state index in [1.54, 1.807) is 12.1 Å². The molecule has 0 heterocycles. The lowest BCUT2D eigenvalue weighted by molar-refractivity contribution is 0.344. The molecule has 0 amide bonds. The molecule has 0 saturated heterocycles. The summed E-state index contributed by atoms with van der Waals surface area (Å²) in [5.74, 6) is 0.438. The van der Waals surface area contributed by atoms with Crippen LogP contribution in [0.4, 0.5) is 4.39 Å². The number of halogens is 1. The van der Waals surface area contributed by atoms with Gasteiger partial charge < -0.3 is 5.32 Å². The van der Waals surface area contributed by atoms with Gasteiger partial charge in [-0.05, 0) is 61.9 Å². The molecule has 1 aliphatic rings. The van der Waals surface area contributed by atoms with Crippen LogP contribution in [0.5, 0.6) is 0 Å². The molecule has 17 heavy (non-hydrogen) atoms. The van der Waals surface area contributed by atoms with Crippen molar-refractivity contribution < 1.29 is 4.39 Å².